The number of ether oxygens (including phenoxy) is 1. The maximum absolute atomic E-state index is 12.6. The zero-order valence-electron chi connectivity index (χ0n) is 13.1. The molecule has 0 aromatic heterocycles. The highest BCUT2D eigenvalue weighted by atomic mass is 16.5. The number of amides is 2. The first-order valence-electron chi connectivity index (χ1n) is 8.55. The Kier molecular flexibility index (Phi) is 3.57. The van der Waals surface area contributed by atoms with Gasteiger partial charge in [0.15, 0.2) is 0 Å². The fourth-order valence-corrected chi connectivity index (χ4v) is 4.14. The van der Waals surface area contributed by atoms with Gasteiger partial charge in [0, 0.05) is 26.2 Å². The number of hydrogen-bond acceptors (Lipinski definition) is 2. The summed E-state index contributed by atoms with van der Waals surface area (Å²) in [7, 11) is 0. The van der Waals surface area contributed by atoms with Crippen molar-refractivity contribution in [2.45, 2.75) is 44.3 Å². The Balaban J connectivity index is 1.44. The minimum absolute atomic E-state index is 0.144. The maximum atomic E-state index is 12.6. The van der Waals surface area contributed by atoms with E-state index in [-0.39, 0.29) is 11.6 Å². The SMILES string of the molecule is O=C(N1CCCCC1)N1CCC2(CC1)OCc1ccccc12. The molecule has 4 heteroatoms. The third kappa shape index (κ3) is 2.30. The highest BCUT2D eigenvalue weighted by molar-refractivity contribution is 5.74. The second kappa shape index (κ2) is 5.58. The van der Waals surface area contributed by atoms with Crippen LogP contribution in [0.25, 0.3) is 0 Å². The Morgan fingerprint density at radius 2 is 1.64 bits per heavy atom. The molecule has 2 fully saturated rings. The normalized spacial score (nSPS) is 23.6. The van der Waals surface area contributed by atoms with Gasteiger partial charge in [0.05, 0.1) is 12.2 Å². The first kappa shape index (κ1) is 14.1. The third-order valence-corrected chi connectivity index (χ3v) is 5.48. The Hall–Kier alpha value is -1.55. The van der Waals surface area contributed by atoms with E-state index in [9.17, 15) is 4.79 Å². The lowest BCUT2D eigenvalue weighted by molar-refractivity contribution is -0.0743. The molecule has 22 heavy (non-hydrogen) atoms. The van der Waals surface area contributed by atoms with Crippen molar-refractivity contribution in [1.82, 2.24) is 9.80 Å². The van der Waals surface area contributed by atoms with Gasteiger partial charge in [-0.3, -0.25) is 0 Å². The van der Waals surface area contributed by atoms with Crippen molar-refractivity contribution in [3.05, 3.63) is 35.4 Å². The molecule has 2 saturated heterocycles. The Morgan fingerprint density at radius 3 is 2.41 bits per heavy atom. The fourth-order valence-electron chi connectivity index (χ4n) is 4.14. The molecule has 4 rings (SSSR count). The molecule has 2 amide bonds. The van der Waals surface area contributed by atoms with Crippen LogP contribution in [-0.4, -0.2) is 42.0 Å². The minimum atomic E-state index is -0.144. The van der Waals surface area contributed by atoms with Gasteiger partial charge >= 0.3 is 6.03 Å². The van der Waals surface area contributed by atoms with E-state index in [1.807, 2.05) is 9.80 Å². The molecule has 0 N–H and O–H groups in total. The molecule has 4 nitrogen and oxygen atoms in total. The predicted octanol–water partition coefficient (Wildman–Crippen LogP) is 3.11. The second-order valence-electron chi connectivity index (χ2n) is 6.76. The summed E-state index contributed by atoms with van der Waals surface area (Å²) in [6, 6.07) is 8.78. The lowest BCUT2D eigenvalue weighted by atomic mass is 9.84. The molecule has 0 atom stereocenters. The standard InChI is InChI=1S/C18H24N2O2/c21-17(19-10-4-1-5-11-19)20-12-8-18(9-13-20)16-7-3-2-6-15(16)14-22-18/h2-3,6-7H,1,4-5,8-14H2. The summed E-state index contributed by atoms with van der Waals surface area (Å²) in [6.45, 7) is 4.20. The largest absolute Gasteiger partial charge is 0.365 e. The van der Waals surface area contributed by atoms with E-state index < -0.39 is 0 Å². The molecular weight excluding hydrogens is 276 g/mol. The summed E-state index contributed by atoms with van der Waals surface area (Å²) in [4.78, 5) is 16.7. The van der Waals surface area contributed by atoms with Crippen LogP contribution in [0, 0.1) is 0 Å². The molecular formula is C18H24N2O2. The van der Waals surface area contributed by atoms with Crippen LogP contribution in [0.4, 0.5) is 4.79 Å². The third-order valence-electron chi connectivity index (χ3n) is 5.48. The number of rotatable bonds is 0. The van der Waals surface area contributed by atoms with Crippen LogP contribution in [0.2, 0.25) is 0 Å². The number of benzene rings is 1. The molecule has 1 aromatic rings. The van der Waals surface area contributed by atoms with Crippen LogP contribution in [0.15, 0.2) is 24.3 Å². The Bertz CT molecular complexity index is 558. The topological polar surface area (TPSA) is 32.8 Å². The molecule has 0 unspecified atom stereocenters. The van der Waals surface area contributed by atoms with Crippen molar-refractivity contribution in [2.75, 3.05) is 26.2 Å². The van der Waals surface area contributed by atoms with Gasteiger partial charge in [0.1, 0.15) is 0 Å². The number of hydrogen-bond donors (Lipinski definition) is 0. The van der Waals surface area contributed by atoms with Crippen LogP contribution < -0.4 is 0 Å². The van der Waals surface area contributed by atoms with Gasteiger partial charge in [-0.05, 0) is 43.2 Å². The zero-order valence-corrected chi connectivity index (χ0v) is 13.1. The first-order chi connectivity index (χ1) is 10.8. The van der Waals surface area contributed by atoms with Crippen LogP contribution in [-0.2, 0) is 16.9 Å². The number of fused-ring (bicyclic) bond motifs is 2. The highest BCUT2D eigenvalue weighted by Crippen LogP contribution is 2.44. The summed E-state index contributed by atoms with van der Waals surface area (Å²) in [5, 5.41) is 0. The number of urea groups is 1. The van der Waals surface area contributed by atoms with E-state index in [4.69, 9.17) is 4.74 Å². The highest BCUT2D eigenvalue weighted by Gasteiger charge is 2.43. The van der Waals surface area contributed by atoms with E-state index in [0.717, 1.165) is 58.5 Å². The van der Waals surface area contributed by atoms with Gasteiger partial charge in [-0.2, -0.15) is 0 Å². The van der Waals surface area contributed by atoms with Gasteiger partial charge in [-0.25, -0.2) is 4.79 Å². The van der Waals surface area contributed by atoms with Gasteiger partial charge < -0.3 is 14.5 Å². The molecule has 3 heterocycles. The molecule has 3 aliphatic heterocycles. The molecule has 0 saturated carbocycles. The average molecular weight is 300 g/mol. The van der Waals surface area contributed by atoms with E-state index in [1.165, 1.54) is 17.5 Å². The van der Waals surface area contributed by atoms with Crippen molar-refractivity contribution in [1.29, 1.82) is 0 Å². The van der Waals surface area contributed by atoms with Gasteiger partial charge in [-0.15, -0.1) is 0 Å². The van der Waals surface area contributed by atoms with Crippen molar-refractivity contribution in [3.8, 4) is 0 Å². The maximum Gasteiger partial charge on any atom is 0.320 e. The minimum Gasteiger partial charge on any atom is -0.365 e. The Labute approximate surface area is 132 Å². The molecule has 0 bridgehead atoms. The lowest BCUT2D eigenvalue weighted by Gasteiger charge is -2.41. The summed E-state index contributed by atoms with van der Waals surface area (Å²) in [6.07, 6.45) is 5.41. The van der Waals surface area contributed by atoms with Gasteiger partial charge in [0.25, 0.3) is 0 Å². The van der Waals surface area contributed by atoms with Crippen molar-refractivity contribution in [3.63, 3.8) is 0 Å². The molecule has 1 aromatic carbocycles. The first-order valence-corrected chi connectivity index (χ1v) is 8.55. The lowest BCUT2D eigenvalue weighted by Crippen LogP contribution is -2.51. The van der Waals surface area contributed by atoms with E-state index >= 15 is 0 Å². The van der Waals surface area contributed by atoms with E-state index in [0.29, 0.717) is 0 Å². The molecule has 1 spiro atoms. The summed E-state index contributed by atoms with van der Waals surface area (Å²) >= 11 is 0. The fraction of sp³-hybridized carbons (Fsp3) is 0.611. The number of carbonyl (C=O) groups excluding carboxylic acids is 1. The summed E-state index contributed by atoms with van der Waals surface area (Å²) < 4.78 is 6.17. The Morgan fingerprint density at radius 1 is 0.955 bits per heavy atom. The molecule has 3 aliphatic rings. The van der Waals surface area contributed by atoms with Crippen molar-refractivity contribution < 1.29 is 9.53 Å². The van der Waals surface area contributed by atoms with E-state index in [2.05, 4.69) is 24.3 Å². The van der Waals surface area contributed by atoms with Crippen LogP contribution in [0.1, 0.15) is 43.2 Å². The van der Waals surface area contributed by atoms with Crippen molar-refractivity contribution >= 4 is 6.03 Å². The zero-order chi connectivity index (χ0) is 15.0. The van der Waals surface area contributed by atoms with E-state index in [1.54, 1.807) is 0 Å². The smallest absolute Gasteiger partial charge is 0.320 e. The number of carbonyl (C=O) groups is 1. The predicted molar refractivity (Wildman–Crippen MR) is 84.5 cm³/mol. The number of piperidine rings is 2. The van der Waals surface area contributed by atoms with Crippen LogP contribution >= 0.6 is 0 Å². The van der Waals surface area contributed by atoms with Crippen LogP contribution in [0.5, 0.6) is 0 Å². The molecule has 118 valence electrons. The quantitative estimate of drug-likeness (QED) is 0.737. The van der Waals surface area contributed by atoms with Crippen molar-refractivity contribution in [2.24, 2.45) is 0 Å². The number of nitrogens with zero attached hydrogens (tertiary/aromatic N) is 2. The molecule has 0 radical (unpaired) electrons. The van der Waals surface area contributed by atoms with Gasteiger partial charge in [-0.1, -0.05) is 24.3 Å². The van der Waals surface area contributed by atoms with Gasteiger partial charge in [0.2, 0.25) is 0 Å². The average Bonchev–Trinajstić information content (AvgIpc) is 2.95. The van der Waals surface area contributed by atoms with Crippen LogP contribution in [0.3, 0.4) is 0 Å². The monoisotopic (exact) mass is 300 g/mol. The molecule has 0 aliphatic carbocycles. The summed E-state index contributed by atoms with van der Waals surface area (Å²) in [5.74, 6) is 0. The summed E-state index contributed by atoms with van der Waals surface area (Å²) in [5.41, 5.74) is 2.52. The number of likely N-dealkylation sites (tertiary alicyclic amines) is 2. The second-order valence-corrected chi connectivity index (χ2v) is 6.76.